The van der Waals surface area contributed by atoms with Crippen molar-refractivity contribution >= 4 is 23.7 Å². The summed E-state index contributed by atoms with van der Waals surface area (Å²) in [5.74, 6) is -2.39. The van der Waals surface area contributed by atoms with Crippen LogP contribution >= 0.6 is 0 Å². The number of carboxylic acids is 1. The van der Waals surface area contributed by atoms with E-state index in [1.807, 2.05) is 12.1 Å². The quantitative estimate of drug-likeness (QED) is 0.275. The number of hydrogen-bond donors (Lipinski definition) is 5. The Morgan fingerprint density at radius 3 is 2.40 bits per heavy atom. The van der Waals surface area contributed by atoms with E-state index in [9.17, 15) is 29.4 Å². The summed E-state index contributed by atoms with van der Waals surface area (Å²) in [6.07, 6.45) is 0.249. The molecule has 12 nitrogen and oxygen atoms in total. The summed E-state index contributed by atoms with van der Waals surface area (Å²) in [5.41, 5.74) is 4.75. The highest BCUT2D eigenvalue weighted by molar-refractivity contribution is 5.92. The van der Waals surface area contributed by atoms with E-state index in [-0.39, 0.29) is 12.5 Å². The first-order valence-electron chi connectivity index (χ1n) is 13.2. The number of nitrogens with zero attached hydrogens (tertiary/aromatic N) is 2. The number of nitrogens with one attached hydrogen (secondary N) is 3. The van der Waals surface area contributed by atoms with Crippen molar-refractivity contribution in [2.45, 2.75) is 64.8 Å². The minimum atomic E-state index is -1.05. The monoisotopic (exact) mass is 555 g/mol. The first-order valence-corrected chi connectivity index (χ1v) is 13.2. The van der Waals surface area contributed by atoms with Crippen LogP contribution in [0.3, 0.4) is 0 Å². The van der Waals surface area contributed by atoms with Crippen LogP contribution in [0.1, 0.15) is 52.3 Å². The summed E-state index contributed by atoms with van der Waals surface area (Å²) >= 11 is 0. The predicted molar refractivity (Wildman–Crippen MR) is 146 cm³/mol. The van der Waals surface area contributed by atoms with Crippen molar-refractivity contribution < 1.29 is 34.1 Å². The van der Waals surface area contributed by atoms with Gasteiger partial charge >= 0.3 is 5.97 Å². The molecule has 2 aromatic rings. The Morgan fingerprint density at radius 1 is 1.07 bits per heavy atom. The summed E-state index contributed by atoms with van der Waals surface area (Å²) in [6, 6.07) is 9.66. The van der Waals surface area contributed by atoms with Crippen molar-refractivity contribution in [3.05, 3.63) is 48.2 Å². The van der Waals surface area contributed by atoms with Gasteiger partial charge in [-0.25, -0.2) is 5.43 Å². The lowest BCUT2D eigenvalue weighted by atomic mass is 10.0. The zero-order chi connectivity index (χ0) is 29.4. The lowest BCUT2D eigenvalue weighted by Gasteiger charge is -2.34. The zero-order valence-corrected chi connectivity index (χ0v) is 23.1. The predicted octanol–water partition coefficient (Wildman–Crippen LogP) is 1.41. The van der Waals surface area contributed by atoms with Crippen LogP contribution in [0.2, 0.25) is 0 Å². The second-order valence-corrected chi connectivity index (χ2v) is 10.1. The highest BCUT2D eigenvalue weighted by Gasteiger charge is 2.32. The normalized spacial score (nSPS) is 17.4. The fraction of sp³-hybridized carbons (Fsp3) is 0.464. The largest absolute Gasteiger partial charge is 0.484 e. The Kier molecular flexibility index (Phi) is 10.6. The van der Waals surface area contributed by atoms with E-state index in [4.69, 9.17) is 4.74 Å². The summed E-state index contributed by atoms with van der Waals surface area (Å²) in [6.45, 7) is 6.69. The van der Waals surface area contributed by atoms with Crippen molar-refractivity contribution in [2.24, 2.45) is 5.92 Å². The Morgan fingerprint density at radius 2 is 1.77 bits per heavy atom. The number of carbonyl (C=O) groups excluding carboxylic acids is 3. The minimum Gasteiger partial charge on any atom is -0.484 e. The van der Waals surface area contributed by atoms with Gasteiger partial charge in [0.05, 0.1) is 17.5 Å². The molecule has 0 saturated carbocycles. The fourth-order valence-corrected chi connectivity index (χ4v) is 4.19. The van der Waals surface area contributed by atoms with E-state index in [0.717, 1.165) is 5.56 Å². The first kappa shape index (κ1) is 30.5. The third-order valence-corrected chi connectivity index (χ3v) is 6.46. The average Bonchev–Trinajstić information content (AvgIpc) is 2.94. The molecule has 3 amide bonds. The van der Waals surface area contributed by atoms with Gasteiger partial charge in [0, 0.05) is 12.1 Å². The van der Waals surface area contributed by atoms with Crippen LogP contribution in [0.25, 0.3) is 11.3 Å². The van der Waals surface area contributed by atoms with Crippen LogP contribution in [0.4, 0.5) is 0 Å². The van der Waals surface area contributed by atoms with E-state index in [1.165, 1.54) is 11.9 Å². The second-order valence-electron chi connectivity index (χ2n) is 10.1. The van der Waals surface area contributed by atoms with E-state index in [1.54, 1.807) is 51.1 Å². The minimum absolute atomic E-state index is 0.278. The highest BCUT2D eigenvalue weighted by Crippen LogP contribution is 2.22. The maximum Gasteiger partial charge on any atom is 0.322 e. The summed E-state index contributed by atoms with van der Waals surface area (Å²) < 4.78 is 5.59. The molecule has 1 aromatic carbocycles. The molecule has 1 fully saturated rings. The SMILES string of the molecule is CC(C)[C@H](NC(=O)COc1ccc(-c2cccc([C@@H](C)O)n2)cc1)C(=O)N[C@@H](C)C(=O)N1CCC[C@@H](C(=O)O)N1. The van der Waals surface area contributed by atoms with Gasteiger partial charge in [0.1, 0.15) is 23.9 Å². The van der Waals surface area contributed by atoms with Crippen LogP contribution < -0.4 is 20.8 Å². The third kappa shape index (κ3) is 8.23. The number of ether oxygens (including phenoxy) is 1. The number of carbonyl (C=O) groups is 4. The van der Waals surface area contributed by atoms with Crippen LogP contribution in [-0.2, 0) is 19.2 Å². The lowest BCUT2D eigenvalue weighted by molar-refractivity contribution is -0.148. The number of aliphatic hydroxyl groups is 1. The van der Waals surface area contributed by atoms with Crippen LogP contribution in [0.15, 0.2) is 42.5 Å². The van der Waals surface area contributed by atoms with Crippen molar-refractivity contribution in [3.63, 3.8) is 0 Å². The molecule has 0 spiro atoms. The molecule has 40 heavy (non-hydrogen) atoms. The lowest BCUT2D eigenvalue weighted by Crippen LogP contribution is -2.60. The number of hydrazine groups is 1. The van der Waals surface area contributed by atoms with E-state index < -0.39 is 47.9 Å². The molecule has 0 bridgehead atoms. The van der Waals surface area contributed by atoms with Gasteiger partial charge in [0.2, 0.25) is 5.91 Å². The van der Waals surface area contributed by atoms with Crippen LogP contribution in [0.5, 0.6) is 5.75 Å². The molecule has 1 aliphatic heterocycles. The molecule has 0 radical (unpaired) electrons. The molecule has 0 unspecified atom stereocenters. The van der Waals surface area contributed by atoms with Gasteiger partial charge in [-0.2, -0.15) is 0 Å². The zero-order valence-electron chi connectivity index (χ0n) is 23.1. The Bertz CT molecular complexity index is 1200. The molecule has 4 atom stereocenters. The number of benzene rings is 1. The topological polar surface area (TPSA) is 170 Å². The van der Waals surface area contributed by atoms with Crippen molar-refractivity contribution in [1.29, 1.82) is 0 Å². The molecule has 12 heteroatoms. The smallest absolute Gasteiger partial charge is 0.322 e. The van der Waals surface area contributed by atoms with Gasteiger partial charge in [-0.15, -0.1) is 0 Å². The average molecular weight is 556 g/mol. The second kappa shape index (κ2) is 13.9. The molecule has 1 aliphatic rings. The standard InChI is InChI=1S/C28H37N5O7/c1-16(2)25(26(36)29-17(3)27(37)33-14-6-9-23(32-33)28(38)39)31-24(35)15-40-20-12-10-19(11-13-20)22-8-5-7-21(30-22)18(4)34/h5,7-8,10-13,16-18,23,25,32,34H,6,9,14-15H2,1-4H3,(H,29,36)(H,31,35)(H,38,39)/t17-,18+,23-,25-/m0/s1. The third-order valence-electron chi connectivity index (χ3n) is 6.46. The number of hydrogen-bond acceptors (Lipinski definition) is 8. The molecule has 1 saturated heterocycles. The van der Waals surface area contributed by atoms with E-state index in [2.05, 4.69) is 21.0 Å². The van der Waals surface area contributed by atoms with Crippen LogP contribution in [-0.4, -0.2) is 75.2 Å². The number of rotatable bonds is 11. The summed E-state index contributed by atoms with van der Waals surface area (Å²) in [5, 5.41) is 25.5. The molecule has 1 aromatic heterocycles. The van der Waals surface area contributed by atoms with E-state index in [0.29, 0.717) is 36.5 Å². The Hall–Kier alpha value is -4.03. The number of carboxylic acid groups (broad SMARTS) is 1. The van der Waals surface area contributed by atoms with Crippen LogP contribution in [0, 0.1) is 5.92 Å². The number of pyridine rings is 1. The van der Waals surface area contributed by atoms with Gasteiger partial charge in [0.25, 0.3) is 11.8 Å². The van der Waals surface area contributed by atoms with Gasteiger partial charge in [-0.3, -0.25) is 29.2 Å². The highest BCUT2D eigenvalue weighted by atomic mass is 16.5. The number of aliphatic hydroxyl groups excluding tert-OH is 1. The van der Waals surface area contributed by atoms with Crippen molar-refractivity contribution in [1.82, 2.24) is 26.1 Å². The molecule has 3 rings (SSSR count). The van der Waals surface area contributed by atoms with Gasteiger partial charge in [-0.05, 0) is 69.0 Å². The maximum atomic E-state index is 12.9. The molecular formula is C28H37N5O7. The Balaban J connectivity index is 1.52. The van der Waals surface area contributed by atoms with Gasteiger partial charge in [-0.1, -0.05) is 19.9 Å². The molecule has 216 valence electrons. The van der Waals surface area contributed by atoms with Gasteiger partial charge < -0.3 is 25.6 Å². The first-order chi connectivity index (χ1) is 19.0. The Labute approximate surface area is 233 Å². The molecule has 0 aliphatic carbocycles. The number of aromatic nitrogens is 1. The summed E-state index contributed by atoms with van der Waals surface area (Å²) in [7, 11) is 0. The molecular weight excluding hydrogens is 518 g/mol. The number of aliphatic carboxylic acids is 1. The van der Waals surface area contributed by atoms with Crippen molar-refractivity contribution in [3.8, 4) is 17.0 Å². The molecule has 2 heterocycles. The maximum absolute atomic E-state index is 12.9. The van der Waals surface area contributed by atoms with Crippen molar-refractivity contribution in [2.75, 3.05) is 13.2 Å². The van der Waals surface area contributed by atoms with Gasteiger partial charge in [0.15, 0.2) is 6.61 Å². The summed E-state index contributed by atoms with van der Waals surface area (Å²) in [4.78, 5) is 54.0. The number of amides is 3. The molecule has 5 N–H and O–H groups in total. The fourth-order valence-electron chi connectivity index (χ4n) is 4.19. The van der Waals surface area contributed by atoms with E-state index >= 15 is 0 Å².